The molecule has 136 valence electrons. The molecule has 0 saturated heterocycles. The highest BCUT2D eigenvalue weighted by Gasteiger charge is 2.17. The van der Waals surface area contributed by atoms with Crippen LogP contribution in [0, 0.1) is 0 Å². The Labute approximate surface area is 155 Å². The molecule has 0 atom stereocenters. The van der Waals surface area contributed by atoms with Crippen molar-refractivity contribution in [2.45, 2.75) is 58.3 Å². The molecule has 4 rings (SSSR count). The first-order valence-corrected chi connectivity index (χ1v) is 9.78. The van der Waals surface area contributed by atoms with E-state index in [4.69, 9.17) is 4.74 Å². The molecule has 1 aromatic heterocycles. The van der Waals surface area contributed by atoms with Gasteiger partial charge < -0.3 is 15.0 Å². The van der Waals surface area contributed by atoms with Crippen LogP contribution in [-0.4, -0.2) is 17.1 Å². The lowest BCUT2D eigenvalue weighted by Gasteiger charge is -2.16. The molecular formula is C23H28N2O. The Kier molecular flexibility index (Phi) is 4.98. The van der Waals surface area contributed by atoms with Gasteiger partial charge in [0.15, 0.2) is 0 Å². The minimum Gasteiger partial charge on any atom is -0.381 e. The number of hydrogen-bond acceptors (Lipinski definition) is 2. The lowest BCUT2D eigenvalue weighted by atomic mass is 10.1. The zero-order chi connectivity index (χ0) is 17.9. The van der Waals surface area contributed by atoms with E-state index in [-0.39, 0.29) is 6.10 Å². The van der Waals surface area contributed by atoms with E-state index in [0.717, 1.165) is 5.69 Å². The second-order valence-electron chi connectivity index (χ2n) is 7.64. The molecule has 1 fully saturated rings. The van der Waals surface area contributed by atoms with Crippen molar-refractivity contribution in [2.24, 2.45) is 0 Å². The van der Waals surface area contributed by atoms with Crippen molar-refractivity contribution in [1.82, 2.24) is 4.98 Å². The van der Waals surface area contributed by atoms with E-state index < -0.39 is 0 Å². The molecule has 0 aliphatic heterocycles. The summed E-state index contributed by atoms with van der Waals surface area (Å²) in [7, 11) is 0. The third-order valence-corrected chi connectivity index (χ3v) is 5.17. The summed E-state index contributed by atoms with van der Waals surface area (Å²) in [4.78, 5) is 3.64. The van der Waals surface area contributed by atoms with Gasteiger partial charge in [-0.1, -0.05) is 43.2 Å². The number of H-pyrrole nitrogens is 1. The molecule has 1 saturated carbocycles. The van der Waals surface area contributed by atoms with Crippen LogP contribution in [0.1, 0.15) is 45.1 Å². The molecule has 2 N–H and O–H groups in total. The maximum Gasteiger partial charge on any atom is 0.0721 e. The fourth-order valence-corrected chi connectivity index (χ4v) is 3.83. The van der Waals surface area contributed by atoms with Crippen LogP contribution in [0.15, 0.2) is 48.5 Å². The molecule has 3 aromatic rings. The topological polar surface area (TPSA) is 37.0 Å². The van der Waals surface area contributed by atoms with Crippen molar-refractivity contribution in [2.75, 3.05) is 5.32 Å². The molecule has 1 heterocycles. The third kappa shape index (κ3) is 3.78. The van der Waals surface area contributed by atoms with Crippen LogP contribution in [0.3, 0.4) is 0 Å². The summed E-state index contributed by atoms with van der Waals surface area (Å²) in [6.07, 6.45) is 5.43. The van der Waals surface area contributed by atoms with Crippen LogP contribution in [0.5, 0.6) is 0 Å². The summed E-state index contributed by atoms with van der Waals surface area (Å²) >= 11 is 0. The highest BCUT2D eigenvalue weighted by Crippen LogP contribution is 2.32. The summed E-state index contributed by atoms with van der Waals surface area (Å²) in [6.45, 7) is 4.82. The molecule has 1 aliphatic rings. The molecule has 3 heteroatoms. The van der Waals surface area contributed by atoms with Crippen molar-refractivity contribution in [3.8, 4) is 11.3 Å². The molecule has 0 amide bonds. The number of aromatic amines is 1. The van der Waals surface area contributed by atoms with Gasteiger partial charge in [-0.25, -0.2) is 0 Å². The van der Waals surface area contributed by atoms with E-state index in [0.29, 0.717) is 12.6 Å². The largest absolute Gasteiger partial charge is 0.381 e. The SMILES string of the molecule is CC(C)OCc1cc(NC2CCCC2)c2[nH]c(-c3ccccc3)cc2c1. The molecular weight excluding hydrogens is 320 g/mol. The third-order valence-electron chi connectivity index (χ3n) is 5.17. The van der Waals surface area contributed by atoms with Gasteiger partial charge in [-0.15, -0.1) is 0 Å². The predicted molar refractivity (Wildman–Crippen MR) is 110 cm³/mol. The normalized spacial score (nSPS) is 15.2. The molecule has 0 spiro atoms. The van der Waals surface area contributed by atoms with E-state index >= 15 is 0 Å². The minimum absolute atomic E-state index is 0.239. The zero-order valence-electron chi connectivity index (χ0n) is 15.7. The number of hydrogen-bond donors (Lipinski definition) is 2. The minimum atomic E-state index is 0.239. The zero-order valence-corrected chi connectivity index (χ0v) is 15.7. The molecule has 2 aromatic carbocycles. The van der Waals surface area contributed by atoms with E-state index in [1.807, 2.05) is 0 Å². The smallest absolute Gasteiger partial charge is 0.0721 e. The Bertz CT molecular complexity index is 861. The number of aromatic nitrogens is 1. The summed E-state index contributed by atoms with van der Waals surface area (Å²) in [5, 5.41) is 5.03. The molecule has 0 unspecified atom stereocenters. The monoisotopic (exact) mass is 348 g/mol. The summed E-state index contributed by atoms with van der Waals surface area (Å²) < 4.78 is 5.86. The molecule has 1 aliphatic carbocycles. The van der Waals surface area contributed by atoms with E-state index in [9.17, 15) is 0 Å². The fraction of sp³-hybridized carbons (Fsp3) is 0.391. The van der Waals surface area contributed by atoms with Gasteiger partial charge in [0.1, 0.15) is 0 Å². The number of ether oxygens (including phenoxy) is 1. The fourth-order valence-electron chi connectivity index (χ4n) is 3.83. The van der Waals surface area contributed by atoms with Crippen molar-refractivity contribution in [1.29, 1.82) is 0 Å². The second-order valence-corrected chi connectivity index (χ2v) is 7.64. The first-order valence-electron chi connectivity index (χ1n) is 9.78. The van der Waals surface area contributed by atoms with E-state index in [1.165, 1.54) is 53.4 Å². The van der Waals surface area contributed by atoms with Crippen molar-refractivity contribution in [3.05, 3.63) is 54.1 Å². The molecule has 26 heavy (non-hydrogen) atoms. The Hall–Kier alpha value is -2.26. The quantitative estimate of drug-likeness (QED) is 0.563. The molecule has 3 nitrogen and oxygen atoms in total. The highest BCUT2D eigenvalue weighted by atomic mass is 16.5. The number of rotatable bonds is 6. The maximum absolute atomic E-state index is 5.86. The standard InChI is InChI=1S/C23H28N2O/c1-16(2)26-15-17-12-19-14-21(18-8-4-3-5-9-18)25-23(19)22(13-17)24-20-10-6-7-11-20/h3-5,8-9,12-14,16,20,24-25H,6-7,10-11,15H2,1-2H3. The van der Waals surface area contributed by atoms with Gasteiger partial charge in [-0.2, -0.15) is 0 Å². The molecule has 0 radical (unpaired) electrons. The van der Waals surface area contributed by atoms with Crippen molar-refractivity contribution >= 4 is 16.6 Å². The average molecular weight is 348 g/mol. The van der Waals surface area contributed by atoms with Gasteiger partial charge >= 0.3 is 0 Å². The average Bonchev–Trinajstić information content (AvgIpc) is 3.30. The van der Waals surface area contributed by atoms with Crippen LogP contribution in [0.25, 0.3) is 22.2 Å². The van der Waals surface area contributed by atoms with Crippen LogP contribution in [0.4, 0.5) is 5.69 Å². The van der Waals surface area contributed by atoms with Gasteiger partial charge in [-0.05, 0) is 56.0 Å². The Morgan fingerprint density at radius 3 is 2.58 bits per heavy atom. The second kappa shape index (κ2) is 7.55. The van der Waals surface area contributed by atoms with Gasteiger partial charge in [0, 0.05) is 17.1 Å². The van der Waals surface area contributed by atoms with Crippen LogP contribution in [0.2, 0.25) is 0 Å². The summed E-state index contributed by atoms with van der Waals surface area (Å²) in [5.74, 6) is 0. The maximum atomic E-state index is 5.86. The number of nitrogens with one attached hydrogen (secondary N) is 2. The van der Waals surface area contributed by atoms with Gasteiger partial charge in [0.25, 0.3) is 0 Å². The van der Waals surface area contributed by atoms with Crippen LogP contribution in [-0.2, 0) is 11.3 Å². The van der Waals surface area contributed by atoms with E-state index in [1.54, 1.807) is 0 Å². The summed E-state index contributed by atoms with van der Waals surface area (Å²) in [5.41, 5.74) is 6.01. The first-order chi connectivity index (χ1) is 12.7. The Morgan fingerprint density at radius 1 is 1.08 bits per heavy atom. The van der Waals surface area contributed by atoms with Crippen molar-refractivity contribution in [3.63, 3.8) is 0 Å². The Morgan fingerprint density at radius 2 is 1.85 bits per heavy atom. The Balaban J connectivity index is 1.72. The lowest BCUT2D eigenvalue weighted by molar-refractivity contribution is 0.0658. The summed E-state index contributed by atoms with van der Waals surface area (Å²) in [6, 6.07) is 17.9. The van der Waals surface area contributed by atoms with Crippen molar-refractivity contribution < 1.29 is 4.74 Å². The first kappa shape index (κ1) is 17.2. The predicted octanol–water partition coefficient (Wildman–Crippen LogP) is 6.11. The van der Waals surface area contributed by atoms with Crippen LogP contribution < -0.4 is 5.32 Å². The lowest BCUT2D eigenvalue weighted by Crippen LogP contribution is -2.15. The van der Waals surface area contributed by atoms with Crippen LogP contribution >= 0.6 is 0 Å². The van der Waals surface area contributed by atoms with Gasteiger partial charge in [0.2, 0.25) is 0 Å². The van der Waals surface area contributed by atoms with Gasteiger partial charge in [-0.3, -0.25) is 0 Å². The van der Waals surface area contributed by atoms with Gasteiger partial charge in [0.05, 0.1) is 23.9 Å². The number of fused-ring (bicyclic) bond motifs is 1. The number of benzene rings is 2. The van der Waals surface area contributed by atoms with E-state index in [2.05, 4.69) is 72.7 Å². The molecule has 0 bridgehead atoms. The number of anilines is 1. The highest BCUT2D eigenvalue weighted by molar-refractivity contribution is 5.95.